The standard InChI is InChI=1S/C17H28N4O4S.HI/c1-5-18-16(20-11-17(2,3)21-26(4,22)23)19-9-8-13-6-7-14-15(10-13)25-12-24-14;/h6-7,10,21H,5,8-9,11-12H2,1-4H3,(H2,18,19,20);1H. The Bertz CT molecular complexity index is 753. The fourth-order valence-corrected chi connectivity index (χ4v) is 3.64. The molecule has 3 N–H and O–H groups in total. The predicted octanol–water partition coefficient (Wildman–Crippen LogP) is 1.46. The second kappa shape index (κ2) is 10.3. The van der Waals surface area contributed by atoms with E-state index in [9.17, 15) is 8.42 Å². The van der Waals surface area contributed by atoms with E-state index >= 15 is 0 Å². The highest BCUT2D eigenvalue weighted by Gasteiger charge is 2.21. The number of guanidine groups is 1. The summed E-state index contributed by atoms with van der Waals surface area (Å²) in [6.45, 7) is 7.57. The first-order valence-electron chi connectivity index (χ1n) is 8.58. The maximum Gasteiger partial charge on any atom is 0.231 e. The largest absolute Gasteiger partial charge is 0.454 e. The van der Waals surface area contributed by atoms with Gasteiger partial charge in [0.05, 0.1) is 12.8 Å². The molecule has 0 aromatic heterocycles. The van der Waals surface area contributed by atoms with Gasteiger partial charge in [-0.3, -0.25) is 4.99 Å². The number of nitrogens with one attached hydrogen (secondary N) is 3. The van der Waals surface area contributed by atoms with Crippen molar-refractivity contribution in [3.8, 4) is 11.5 Å². The summed E-state index contributed by atoms with van der Waals surface area (Å²) in [5.41, 5.74) is 0.476. The summed E-state index contributed by atoms with van der Waals surface area (Å²) < 4.78 is 36.1. The molecular formula is C17H29IN4O4S. The molecule has 1 aromatic rings. The van der Waals surface area contributed by atoms with Gasteiger partial charge in [-0.25, -0.2) is 13.1 Å². The second-order valence-electron chi connectivity index (χ2n) is 6.82. The third-order valence-electron chi connectivity index (χ3n) is 3.58. The first-order chi connectivity index (χ1) is 12.2. The highest BCUT2D eigenvalue weighted by Crippen LogP contribution is 2.32. The predicted molar refractivity (Wildman–Crippen MR) is 118 cm³/mol. The van der Waals surface area contributed by atoms with Crippen molar-refractivity contribution in [2.24, 2.45) is 4.99 Å². The lowest BCUT2D eigenvalue weighted by Crippen LogP contribution is -2.47. The molecule has 0 unspecified atom stereocenters. The Hall–Kier alpha value is -1.27. The third kappa shape index (κ3) is 8.52. The van der Waals surface area contributed by atoms with Crippen molar-refractivity contribution < 1.29 is 17.9 Å². The maximum absolute atomic E-state index is 11.4. The van der Waals surface area contributed by atoms with Crippen LogP contribution in [-0.2, 0) is 16.4 Å². The van der Waals surface area contributed by atoms with Gasteiger partial charge in [0.1, 0.15) is 0 Å². The molecule has 0 amide bonds. The summed E-state index contributed by atoms with van der Waals surface area (Å²) >= 11 is 0. The molecule has 0 radical (unpaired) electrons. The maximum atomic E-state index is 11.4. The lowest BCUT2D eigenvalue weighted by Gasteiger charge is -2.23. The van der Waals surface area contributed by atoms with Gasteiger partial charge >= 0.3 is 0 Å². The molecule has 10 heteroatoms. The van der Waals surface area contributed by atoms with E-state index in [0.29, 0.717) is 19.0 Å². The van der Waals surface area contributed by atoms with Crippen LogP contribution in [0.3, 0.4) is 0 Å². The van der Waals surface area contributed by atoms with Crippen LogP contribution in [0.4, 0.5) is 0 Å². The van der Waals surface area contributed by atoms with Gasteiger partial charge in [0.15, 0.2) is 17.5 Å². The van der Waals surface area contributed by atoms with Gasteiger partial charge in [0.2, 0.25) is 16.8 Å². The fourth-order valence-electron chi connectivity index (χ4n) is 2.57. The number of benzene rings is 1. The summed E-state index contributed by atoms with van der Waals surface area (Å²) in [6.07, 6.45) is 1.94. The van der Waals surface area contributed by atoms with Gasteiger partial charge in [-0.1, -0.05) is 6.07 Å². The Morgan fingerprint density at radius 2 is 1.93 bits per heavy atom. The molecule has 1 aromatic carbocycles. The van der Waals surface area contributed by atoms with Crippen LogP contribution in [0.2, 0.25) is 0 Å². The minimum Gasteiger partial charge on any atom is -0.454 e. The van der Waals surface area contributed by atoms with Gasteiger partial charge in [0.25, 0.3) is 0 Å². The summed E-state index contributed by atoms with van der Waals surface area (Å²) in [7, 11) is -3.28. The van der Waals surface area contributed by atoms with Crippen LogP contribution >= 0.6 is 24.0 Å². The molecular weight excluding hydrogens is 483 g/mol. The molecule has 0 bridgehead atoms. The zero-order valence-electron chi connectivity index (χ0n) is 16.2. The number of hydrogen-bond donors (Lipinski definition) is 3. The first kappa shape index (κ1) is 23.8. The topological polar surface area (TPSA) is 101 Å². The Balaban J connectivity index is 0.00000364. The number of hydrogen-bond acceptors (Lipinski definition) is 5. The van der Waals surface area contributed by atoms with Gasteiger partial charge in [0, 0.05) is 18.6 Å². The number of sulfonamides is 1. The molecule has 8 nitrogen and oxygen atoms in total. The van der Waals surface area contributed by atoms with Crippen molar-refractivity contribution in [2.45, 2.75) is 32.7 Å². The van der Waals surface area contributed by atoms with E-state index in [1.54, 1.807) is 13.8 Å². The van der Waals surface area contributed by atoms with Crippen LogP contribution in [0, 0.1) is 0 Å². The second-order valence-corrected chi connectivity index (χ2v) is 8.57. The Labute approximate surface area is 178 Å². The summed E-state index contributed by atoms with van der Waals surface area (Å²) in [4.78, 5) is 4.48. The normalized spacial score (nSPS) is 13.9. The van der Waals surface area contributed by atoms with Crippen molar-refractivity contribution in [2.75, 3.05) is 32.7 Å². The molecule has 1 aliphatic rings. The number of halogens is 1. The molecule has 0 fully saturated rings. The van der Waals surface area contributed by atoms with Crippen LogP contribution in [0.1, 0.15) is 26.3 Å². The number of nitrogens with zero attached hydrogens (tertiary/aromatic N) is 1. The highest BCUT2D eigenvalue weighted by atomic mass is 127. The Morgan fingerprint density at radius 1 is 1.22 bits per heavy atom. The van der Waals surface area contributed by atoms with Gasteiger partial charge in [-0.2, -0.15) is 0 Å². The lowest BCUT2D eigenvalue weighted by molar-refractivity contribution is 0.174. The van der Waals surface area contributed by atoms with Crippen LogP contribution in [0.5, 0.6) is 11.5 Å². The van der Waals surface area contributed by atoms with Crippen LogP contribution in [0.25, 0.3) is 0 Å². The van der Waals surface area contributed by atoms with Crippen LogP contribution < -0.4 is 24.8 Å². The quantitative estimate of drug-likeness (QED) is 0.277. The fraction of sp³-hybridized carbons (Fsp3) is 0.588. The van der Waals surface area contributed by atoms with Crippen molar-refractivity contribution in [3.05, 3.63) is 23.8 Å². The number of aliphatic imine (C=N–C) groups is 1. The van der Waals surface area contributed by atoms with Gasteiger partial charge in [-0.15, -0.1) is 24.0 Å². The monoisotopic (exact) mass is 512 g/mol. The molecule has 154 valence electrons. The Morgan fingerprint density at radius 3 is 2.59 bits per heavy atom. The smallest absolute Gasteiger partial charge is 0.231 e. The zero-order valence-corrected chi connectivity index (χ0v) is 19.3. The Kier molecular flexibility index (Phi) is 9.09. The minimum atomic E-state index is -3.28. The molecule has 0 saturated carbocycles. The van der Waals surface area contributed by atoms with E-state index in [1.807, 2.05) is 25.1 Å². The van der Waals surface area contributed by atoms with Gasteiger partial charge < -0.3 is 20.1 Å². The van der Waals surface area contributed by atoms with E-state index in [-0.39, 0.29) is 30.8 Å². The SMILES string of the molecule is CCNC(=NCC(C)(C)NS(C)(=O)=O)NCCc1ccc2c(c1)OCO2.I. The van der Waals surface area contributed by atoms with E-state index in [4.69, 9.17) is 9.47 Å². The zero-order chi connectivity index (χ0) is 19.2. The molecule has 2 rings (SSSR count). The number of fused-ring (bicyclic) bond motifs is 1. The van der Waals surface area contributed by atoms with E-state index in [0.717, 1.165) is 36.3 Å². The molecule has 0 saturated heterocycles. The number of rotatable bonds is 8. The van der Waals surface area contributed by atoms with Gasteiger partial charge in [-0.05, 0) is 44.9 Å². The van der Waals surface area contributed by atoms with Crippen molar-refractivity contribution >= 4 is 40.0 Å². The average molecular weight is 512 g/mol. The van der Waals surface area contributed by atoms with Crippen LogP contribution in [-0.4, -0.2) is 52.6 Å². The van der Waals surface area contributed by atoms with Crippen molar-refractivity contribution in [1.82, 2.24) is 15.4 Å². The van der Waals surface area contributed by atoms with E-state index in [1.165, 1.54) is 0 Å². The van der Waals surface area contributed by atoms with Crippen molar-refractivity contribution in [1.29, 1.82) is 0 Å². The minimum absolute atomic E-state index is 0. The number of ether oxygens (including phenoxy) is 2. The summed E-state index contributed by atoms with van der Waals surface area (Å²) in [5.74, 6) is 2.20. The van der Waals surface area contributed by atoms with Crippen molar-refractivity contribution in [3.63, 3.8) is 0 Å². The molecule has 1 aliphatic heterocycles. The average Bonchev–Trinajstić information content (AvgIpc) is 2.98. The molecule has 0 atom stereocenters. The molecule has 27 heavy (non-hydrogen) atoms. The molecule has 0 aliphatic carbocycles. The lowest BCUT2D eigenvalue weighted by atomic mass is 10.1. The summed E-state index contributed by atoms with van der Waals surface area (Å²) in [5, 5.41) is 6.42. The van der Waals surface area contributed by atoms with E-state index < -0.39 is 15.6 Å². The van der Waals surface area contributed by atoms with Crippen LogP contribution in [0.15, 0.2) is 23.2 Å². The molecule has 0 spiro atoms. The first-order valence-corrected chi connectivity index (χ1v) is 10.5. The highest BCUT2D eigenvalue weighted by molar-refractivity contribution is 14.0. The molecule has 1 heterocycles. The van der Waals surface area contributed by atoms with E-state index in [2.05, 4.69) is 20.3 Å². The summed E-state index contributed by atoms with van der Waals surface area (Å²) in [6, 6.07) is 5.90. The third-order valence-corrected chi connectivity index (χ3v) is 4.50.